The van der Waals surface area contributed by atoms with Gasteiger partial charge in [0.2, 0.25) is 15.9 Å². The third kappa shape index (κ3) is 5.09. The molecule has 168 valence electrons. The topological polar surface area (TPSA) is 79.4 Å². The van der Waals surface area contributed by atoms with Crippen LogP contribution < -0.4 is 5.32 Å². The van der Waals surface area contributed by atoms with Gasteiger partial charge in [0, 0.05) is 24.0 Å². The van der Waals surface area contributed by atoms with Crippen LogP contribution in [0.15, 0.2) is 64.9 Å². The Hall–Kier alpha value is -2.55. The molecule has 3 aromatic rings. The third-order valence-corrected chi connectivity index (χ3v) is 8.38. The molecule has 1 amide bonds. The van der Waals surface area contributed by atoms with Gasteiger partial charge < -0.3 is 5.32 Å². The lowest BCUT2D eigenvalue weighted by molar-refractivity contribution is -0.125. The van der Waals surface area contributed by atoms with E-state index in [2.05, 4.69) is 10.3 Å². The zero-order valence-electron chi connectivity index (χ0n) is 18.0. The van der Waals surface area contributed by atoms with Gasteiger partial charge in [0.15, 0.2) is 0 Å². The average molecular weight is 470 g/mol. The molecule has 32 heavy (non-hydrogen) atoms. The molecule has 1 atom stereocenters. The van der Waals surface area contributed by atoms with E-state index in [-0.39, 0.29) is 10.8 Å². The number of carbonyl (C=O) groups is 1. The summed E-state index contributed by atoms with van der Waals surface area (Å²) in [4.78, 5) is 17.6. The van der Waals surface area contributed by atoms with Crippen molar-refractivity contribution in [3.8, 4) is 11.3 Å². The minimum absolute atomic E-state index is 0.223. The number of sulfonamides is 1. The Labute approximate surface area is 193 Å². The van der Waals surface area contributed by atoms with E-state index < -0.39 is 16.1 Å². The maximum atomic E-state index is 13.1. The second-order valence-electron chi connectivity index (χ2n) is 7.93. The van der Waals surface area contributed by atoms with E-state index in [1.54, 1.807) is 41.7 Å². The van der Waals surface area contributed by atoms with Crippen LogP contribution in [-0.4, -0.2) is 42.7 Å². The Kier molecular flexibility index (Phi) is 7.03. The lowest BCUT2D eigenvalue weighted by atomic mass is 10.0. The number of hydrogen-bond acceptors (Lipinski definition) is 5. The van der Waals surface area contributed by atoms with Gasteiger partial charge in [-0.2, -0.15) is 4.31 Å². The van der Waals surface area contributed by atoms with Crippen LogP contribution in [0.3, 0.4) is 0 Å². The van der Waals surface area contributed by atoms with Crippen LogP contribution in [0.5, 0.6) is 0 Å². The molecule has 8 heteroatoms. The molecular formula is C24H27N3O3S2. The molecule has 1 fully saturated rings. The van der Waals surface area contributed by atoms with E-state index in [4.69, 9.17) is 0 Å². The van der Waals surface area contributed by atoms with Gasteiger partial charge in [-0.15, -0.1) is 11.3 Å². The second-order valence-corrected chi connectivity index (χ2v) is 10.9. The van der Waals surface area contributed by atoms with E-state index in [9.17, 15) is 13.2 Å². The minimum atomic E-state index is -3.70. The van der Waals surface area contributed by atoms with Gasteiger partial charge in [0.05, 0.1) is 15.6 Å². The Balaban J connectivity index is 1.36. The Morgan fingerprint density at radius 3 is 2.56 bits per heavy atom. The van der Waals surface area contributed by atoms with Crippen molar-refractivity contribution in [3.05, 3.63) is 70.5 Å². The smallest absolute Gasteiger partial charge is 0.243 e. The second kappa shape index (κ2) is 9.94. The lowest BCUT2D eigenvalue weighted by Crippen LogP contribution is -2.52. The number of aromatic nitrogens is 1. The van der Waals surface area contributed by atoms with E-state index in [1.165, 1.54) is 4.31 Å². The summed E-state index contributed by atoms with van der Waals surface area (Å²) >= 11 is 1.63. The Bertz CT molecular complexity index is 1160. The summed E-state index contributed by atoms with van der Waals surface area (Å²) < 4.78 is 27.5. The van der Waals surface area contributed by atoms with Crippen molar-refractivity contribution in [2.24, 2.45) is 0 Å². The van der Waals surface area contributed by atoms with E-state index in [0.717, 1.165) is 34.7 Å². The van der Waals surface area contributed by atoms with Gasteiger partial charge in [-0.3, -0.25) is 4.79 Å². The van der Waals surface area contributed by atoms with Crippen LogP contribution in [0.4, 0.5) is 0 Å². The first kappa shape index (κ1) is 22.6. The Morgan fingerprint density at radius 1 is 1.12 bits per heavy atom. The van der Waals surface area contributed by atoms with Crippen LogP contribution in [0, 0.1) is 6.92 Å². The van der Waals surface area contributed by atoms with Crippen molar-refractivity contribution >= 4 is 27.3 Å². The molecule has 6 nitrogen and oxygen atoms in total. The molecular weight excluding hydrogens is 442 g/mol. The third-order valence-electron chi connectivity index (χ3n) is 5.69. The van der Waals surface area contributed by atoms with Gasteiger partial charge >= 0.3 is 0 Å². The standard InChI is InChI=1S/C24H27N3O3S2/c1-18-26-22(17-31-18)20-12-10-19(11-13-20)14-15-25-24(28)23-9-5-6-16-27(23)32(29,30)21-7-3-2-4-8-21/h2-4,7-8,10-13,17,23H,5-6,9,14-16H2,1H3,(H,25,28). The predicted octanol–water partition coefficient (Wildman–Crippen LogP) is 4.02. The molecule has 2 heterocycles. The normalized spacial score (nSPS) is 17.2. The number of piperidine rings is 1. The number of carbonyl (C=O) groups excluding carboxylic acids is 1. The molecule has 0 spiro atoms. The highest BCUT2D eigenvalue weighted by atomic mass is 32.2. The van der Waals surface area contributed by atoms with Crippen molar-refractivity contribution < 1.29 is 13.2 Å². The maximum Gasteiger partial charge on any atom is 0.243 e. The maximum absolute atomic E-state index is 13.1. The SMILES string of the molecule is Cc1nc(-c2ccc(CCNC(=O)C3CCCCN3S(=O)(=O)c3ccccc3)cc2)cs1. The van der Waals surface area contributed by atoms with Crippen LogP contribution >= 0.6 is 11.3 Å². The largest absolute Gasteiger partial charge is 0.354 e. The van der Waals surface area contributed by atoms with E-state index >= 15 is 0 Å². The number of amides is 1. The molecule has 0 aliphatic carbocycles. The quantitative estimate of drug-likeness (QED) is 0.567. The summed E-state index contributed by atoms with van der Waals surface area (Å²) in [5.41, 5.74) is 3.16. The van der Waals surface area contributed by atoms with Gasteiger partial charge in [-0.1, -0.05) is 48.9 Å². The number of nitrogens with zero attached hydrogens (tertiary/aromatic N) is 2. The van der Waals surface area contributed by atoms with Crippen molar-refractivity contribution in [2.45, 2.75) is 43.5 Å². The first-order valence-corrected chi connectivity index (χ1v) is 13.1. The lowest BCUT2D eigenvalue weighted by Gasteiger charge is -2.33. The zero-order chi connectivity index (χ0) is 22.6. The first-order chi connectivity index (χ1) is 15.4. The molecule has 1 aromatic heterocycles. The molecule has 0 bridgehead atoms. The van der Waals surface area contributed by atoms with Gasteiger partial charge in [0.1, 0.15) is 6.04 Å². The summed E-state index contributed by atoms with van der Waals surface area (Å²) in [6.45, 7) is 2.82. The summed E-state index contributed by atoms with van der Waals surface area (Å²) in [6.07, 6.45) is 2.83. The number of thiazole rings is 1. The van der Waals surface area contributed by atoms with Crippen molar-refractivity contribution in [1.29, 1.82) is 0 Å². The number of benzene rings is 2. The molecule has 1 aliphatic heterocycles. The molecule has 1 N–H and O–H groups in total. The first-order valence-electron chi connectivity index (χ1n) is 10.8. The number of rotatable bonds is 7. The van der Waals surface area contributed by atoms with Crippen LogP contribution in [0.1, 0.15) is 29.8 Å². The molecule has 1 aliphatic rings. The minimum Gasteiger partial charge on any atom is -0.354 e. The number of hydrogen-bond donors (Lipinski definition) is 1. The van der Waals surface area contributed by atoms with Gasteiger partial charge in [0.25, 0.3) is 0 Å². The van der Waals surface area contributed by atoms with E-state index in [0.29, 0.717) is 25.9 Å². The summed E-state index contributed by atoms with van der Waals surface area (Å²) in [7, 11) is -3.70. The number of aryl methyl sites for hydroxylation is 1. The zero-order valence-corrected chi connectivity index (χ0v) is 19.7. The highest BCUT2D eigenvalue weighted by molar-refractivity contribution is 7.89. The highest BCUT2D eigenvalue weighted by Crippen LogP contribution is 2.25. The monoisotopic (exact) mass is 469 g/mol. The van der Waals surface area contributed by atoms with Gasteiger partial charge in [-0.25, -0.2) is 13.4 Å². The van der Waals surface area contributed by atoms with Crippen molar-refractivity contribution in [1.82, 2.24) is 14.6 Å². The van der Waals surface area contributed by atoms with Crippen LogP contribution in [-0.2, 0) is 21.2 Å². The molecule has 0 radical (unpaired) electrons. The summed E-state index contributed by atoms with van der Waals surface area (Å²) in [6, 6.07) is 15.9. The fraction of sp³-hybridized carbons (Fsp3) is 0.333. The van der Waals surface area contributed by atoms with Crippen LogP contribution in [0.2, 0.25) is 0 Å². The summed E-state index contributed by atoms with van der Waals surface area (Å²) in [5.74, 6) is -0.223. The average Bonchev–Trinajstić information content (AvgIpc) is 3.26. The molecule has 0 saturated carbocycles. The van der Waals surface area contributed by atoms with E-state index in [1.807, 2.05) is 36.6 Å². The van der Waals surface area contributed by atoms with Crippen molar-refractivity contribution in [3.63, 3.8) is 0 Å². The molecule has 2 aromatic carbocycles. The summed E-state index contributed by atoms with van der Waals surface area (Å²) in [5, 5.41) is 6.03. The molecule has 4 rings (SSSR count). The Morgan fingerprint density at radius 2 is 1.88 bits per heavy atom. The van der Waals surface area contributed by atoms with Crippen LogP contribution in [0.25, 0.3) is 11.3 Å². The number of nitrogens with one attached hydrogen (secondary N) is 1. The molecule has 1 unspecified atom stereocenters. The predicted molar refractivity (Wildman–Crippen MR) is 127 cm³/mol. The fourth-order valence-corrected chi connectivity index (χ4v) is 6.27. The fourth-order valence-electron chi connectivity index (χ4n) is 3.97. The van der Waals surface area contributed by atoms with Gasteiger partial charge in [-0.05, 0) is 43.9 Å². The van der Waals surface area contributed by atoms with Crippen molar-refractivity contribution in [2.75, 3.05) is 13.1 Å². The highest BCUT2D eigenvalue weighted by Gasteiger charge is 2.37. The molecule has 1 saturated heterocycles.